The smallest absolute Gasteiger partial charge is 0.192 e. The maximum absolute atomic E-state index is 14.5. The zero-order valence-electron chi connectivity index (χ0n) is 48.4. The molecule has 10 bridgehead atoms. The number of rotatable bonds is 18. The number of hydrogen-bond acceptors (Lipinski definition) is 13. The van der Waals surface area contributed by atoms with E-state index in [1.807, 2.05) is 74.5 Å². The van der Waals surface area contributed by atoms with Crippen LogP contribution in [0.2, 0.25) is 0 Å². The number of methoxy groups -OCH3 is 1. The normalized spacial score (nSPS) is 22.5. The van der Waals surface area contributed by atoms with Gasteiger partial charge in [0.2, 0.25) is 0 Å². The number of phenols is 1. The van der Waals surface area contributed by atoms with E-state index in [9.17, 15) is 35.4 Å². The summed E-state index contributed by atoms with van der Waals surface area (Å²) in [6.07, 6.45) is 11.8. The minimum Gasteiger partial charge on any atom is -0.508 e. The van der Waals surface area contributed by atoms with Crippen molar-refractivity contribution in [2.75, 3.05) is 45.8 Å². The quantitative estimate of drug-likeness (QED) is 0.0131. The number of fused-ring (bicyclic) bond motifs is 8. The van der Waals surface area contributed by atoms with Crippen molar-refractivity contribution in [1.29, 1.82) is 0 Å². The summed E-state index contributed by atoms with van der Waals surface area (Å²) >= 11 is 0. The number of anilines is 1. The zero-order chi connectivity index (χ0) is 58.7. The largest absolute Gasteiger partial charge is 0.508 e. The van der Waals surface area contributed by atoms with E-state index in [4.69, 9.17) is 24.7 Å². The molecule has 83 heavy (non-hydrogen) atoms. The maximum Gasteiger partial charge on any atom is 0.192 e. The number of ether oxygens (including phenoxy) is 4. The van der Waals surface area contributed by atoms with E-state index in [2.05, 4.69) is 58.9 Å². The third-order valence-corrected chi connectivity index (χ3v) is 17.3. The van der Waals surface area contributed by atoms with E-state index in [0.29, 0.717) is 110 Å². The van der Waals surface area contributed by atoms with Gasteiger partial charge in [0.25, 0.3) is 0 Å². The number of aliphatic imine (C=N–C) groups is 1. The molecule has 15 nitrogen and oxygen atoms in total. The lowest BCUT2D eigenvalue weighted by Gasteiger charge is -2.36. The number of aliphatic hydroxyl groups is 5. The van der Waals surface area contributed by atoms with Crippen molar-refractivity contribution in [3.63, 3.8) is 0 Å². The number of guanidine groups is 1. The van der Waals surface area contributed by atoms with E-state index in [0.717, 1.165) is 38.9 Å². The van der Waals surface area contributed by atoms with Gasteiger partial charge in [-0.1, -0.05) is 80.5 Å². The number of aliphatic hydroxyl groups excluding tert-OH is 4. The van der Waals surface area contributed by atoms with Gasteiger partial charge in [0, 0.05) is 79.8 Å². The van der Waals surface area contributed by atoms with E-state index in [-0.39, 0.29) is 79.1 Å². The van der Waals surface area contributed by atoms with E-state index in [1.165, 1.54) is 0 Å². The number of hydrogen-bond donors (Lipinski definition) is 9. The van der Waals surface area contributed by atoms with Crippen LogP contribution in [0.3, 0.4) is 0 Å². The molecule has 9 atom stereocenters. The van der Waals surface area contributed by atoms with Crippen molar-refractivity contribution >= 4 is 34.3 Å². The molecular weight excluding hydrogens is 1050 g/mol. The first-order chi connectivity index (χ1) is 40.2. The number of aryl methyl sites for hydroxylation is 2. The number of nitrogens with zero attached hydrogens (tertiary/aromatic N) is 1. The standard InChI is InChI=1S/C68H82N4O11/c1-6-64(77)71-37-48-32-55(45-12-8-10-42(26-45)22-24-81-7-2)53-23-25-82-51(30-47-33-60(75)56(48)31-46(47)27-44(38-73)16-15-41-11-9-13-49(28-41)72-68(69)70-4)34-50(74)19-17-43-18-21-62(80-5)63(29-43)83-39-59-52-20-14-40(3)54-36-61(76)66(53)58(65(52)54)35-57(59)67(78)79/h8-14,18,20-21,26,28-29,31,33,35-36,40,44,46-48,51,53,55,64,67,71,73,75-79H,6-7,15-17,19,22,24,27,30,32,34,37-39H2,1-5H3,(H3,69,70,72). The van der Waals surface area contributed by atoms with Gasteiger partial charge in [0.05, 0.1) is 19.6 Å². The summed E-state index contributed by atoms with van der Waals surface area (Å²) in [5.74, 6) is 1.95. The van der Waals surface area contributed by atoms with Gasteiger partial charge >= 0.3 is 0 Å². The highest BCUT2D eigenvalue weighted by Crippen LogP contribution is 2.51. The molecular formula is C68H82N4O11. The lowest BCUT2D eigenvalue weighted by molar-refractivity contribution is -0.121. The number of carbonyl (C=O) groups excluding carboxylic acids is 1. The first kappa shape index (κ1) is 60.4. The number of phenolic OH excluding ortho intramolecular Hbond substituents is 1. The van der Waals surface area contributed by atoms with Gasteiger partial charge in [0.15, 0.2) is 23.7 Å². The molecule has 0 aromatic heterocycles. The average molecular weight is 1130 g/mol. The zero-order valence-corrected chi connectivity index (χ0v) is 48.4. The summed E-state index contributed by atoms with van der Waals surface area (Å²) in [5.41, 5.74) is 14.0. The van der Waals surface area contributed by atoms with Crippen molar-refractivity contribution in [1.82, 2.24) is 5.32 Å². The SMILES string of the molecule is CCOCCc1cccc(C2CC(CNC(O)CC)C3=CC(CC(CO)CCc4cccc(NC(N)=NC)c4)C(C=C3O)CC3CC(=O)CCc4ccc(OC)c(c4)OCc4c(C(O)O)cc5c(c(O)cc6c5c4C=CC6C)C2C#CO3)c1. The summed E-state index contributed by atoms with van der Waals surface area (Å²) in [6, 6.07) is 25.3. The van der Waals surface area contributed by atoms with Crippen LogP contribution in [0.25, 0.3) is 16.8 Å². The minimum absolute atomic E-state index is 0.0117. The van der Waals surface area contributed by atoms with Crippen LogP contribution < -0.4 is 25.8 Å². The summed E-state index contributed by atoms with van der Waals surface area (Å²) in [5, 5.41) is 78.6. The number of ketones is 1. The second kappa shape index (κ2) is 27.9. The summed E-state index contributed by atoms with van der Waals surface area (Å²) in [6.45, 7) is 7.07. The number of aromatic hydroxyl groups is 1. The fourth-order valence-corrected chi connectivity index (χ4v) is 12.7. The van der Waals surface area contributed by atoms with Crippen LogP contribution >= 0.6 is 0 Å². The molecule has 5 aromatic carbocycles. The Bertz CT molecular complexity index is 3300. The Hall–Kier alpha value is -7.16. The monoisotopic (exact) mass is 1130 g/mol. The fourth-order valence-electron chi connectivity index (χ4n) is 12.7. The second-order valence-corrected chi connectivity index (χ2v) is 22.7. The van der Waals surface area contributed by atoms with Crippen LogP contribution in [0, 0.1) is 35.7 Å². The molecule has 0 saturated heterocycles. The Morgan fingerprint density at radius 2 is 1.77 bits per heavy atom. The first-order valence-electron chi connectivity index (χ1n) is 29.5. The van der Waals surface area contributed by atoms with Crippen LogP contribution in [-0.4, -0.2) is 95.2 Å². The summed E-state index contributed by atoms with van der Waals surface area (Å²) in [7, 11) is 3.18. The van der Waals surface area contributed by atoms with Crippen molar-refractivity contribution < 1.29 is 54.4 Å². The van der Waals surface area contributed by atoms with Crippen LogP contribution in [0.1, 0.15) is 140 Å². The number of nitrogens with one attached hydrogen (secondary N) is 2. The Kier molecular flexibility index (Phi) is 20.3. The van der Waals surface area contributed by atoms with E-state index >= 15 is 0 Å². The van der Waals surface area contributed by atoms with Gasteiger partial charge in [0.1, 0.15) is 42.3 Å². The number of nitrogens with two attached hydrogens (primary N) is 1. The number of allylic oxidation sites excluding steroid dienone is 4. The lowest BCUT2D eigenvalue weighted by atomic mass is 9.70. The van der Waals surface area contributed by atoms with Crippen LogP contribution in [0.15, 0.2) is 113 Å². The predicted molar refractivity (Wildman–Crippen MR) is 324 cm³/mol. The van der Waals surface area contributed by atoms with Gasteiger partial charge in [-0.3, -0.25) is 15.1 Å². The Morgan fingerprint density at radius 1 is 0.964 bits per heavy atom. The number of carbonyl (C=O) groups is 1. The molecule has 0 amide bonds. The molecule has 0 spiro atoms. The summed E-state index contributed by atoms with van der Waals surface area (Å²) < 4.78 is 25.0. The van der Waals surface area contributed by atoms with Gasteiger partial charge in [-0.25, -0.2) is 0 Å². The van der Waals surface area contributed by atoms with Gasteiger partial charge < -0.3 is 60.6 Å². The number of Topliss-reactive ketones (excluding diaryl/α,β-unsaturated/α-hetero) is 1. The molecule has 9 unspecified atom stereocenters. The van der Waals surface area contributed by atoms with Gasteiger partial charge in [-0.05, 0) is 168 Å². The topological polar surface area (TPSA) is 238 Å². The predicted octanol–water partition coefficient (Wildman–Crippen LogP) is 10.3. The van der Waals surface area contributed by atoms with Crippen molar-refractivity contribution in [2.24, 2.45) is 34.4 Å². The molecule has 2 aliphatic carbocycles. The highest BCUT2D eigenvalue weighted by atomic mass is 16.5. The molecule has 0 radical (unpaired) electrons. The minimum atomic E-state index is -1.95. The Labute approximate surface area is 488 Å². The number of benzene rings is 5. The second-order valence-electron chi connectivity index (χ2n) is 22.7. The van der Waals surface area contributed by atoms with E-state index < -0.39 is 36.4 Å². The highest BCUT2D eigenvalue weighted by Gasteiger charge is 2.38. The molecule has 11 rings (SSSR count). The molecule has 5 aromatic rings. The Balaban J connectivity index is 1.26. The molecule has 10 N–H and O–H groups in total. The van der Waals surface area contributed by atoms with Crippen molar-refractivity contribution in [3.8, 4) is 29.3 Å². The fraction of sp³-hybridized carbons (Fsp3) is 0.441. The van der Waals surface area contributed by atoms with Crippen LogP contribution in [0.4, 0.5) is 5.69 Å². The molecule has 6 aliphatic rings. The molecule has 440 valence electrons. The third-order valence-electron chi connectivity index (χ3n) is 17.3. The average Bonchev–Trinajstić information content (AvgIpc) is 1.93. The highest BCUT2D eigenvalue weighted by molar-refractivity contribution is 6.01. The van der Waals surface area contributed by atoms with Crippen LogP contribution in [0.5, 0.6) is 17.2 Å². The molecule has 15 heteroatoms. The molecule has 0 saturated carbocycles. The third kappa shape index (κ3) is 14.4. The first-order valence-corrected chi connectivity index (χ1v) is 29.5. The van der Waals surface area contributed by atoms with Gasteiger partial charge in [-0.15, -0.1) is 0 Å². The van der Waals surface area contributed by atoms with Crippen molar-refractivity contribution in [3.05, 3.63) is 158 Å². The molecule has 4 aliphatic heterocycles. The van der Waals surface area contributed by atoms with Crippen LogP contribution in [-0.2, 0) is 40.1 Å². The molecule has 0 fully saturated rings. The summed E-state index contributed by atoms with van der Waals surface area (Å²) in [4.78, 5) is 18.5. The molecule has 4 heterocycles. The van der Waals surface area contributed by atoms with E-state index in [1.54, 1.807) is 32.4 Å². The van der Waals surface area contributed by atoms with Gasteiger partial charge in [-0.2, -0.15) is 0 Å². The maximum atomic E-state index is 14.5. The van der Waals surface area contributed by atoms with Crippen molar-refractivity contribution in [2.45, 2.75) is 128 Å². The Morgan fingerprint density at radius 3 is 2.53 bits per heavy atom. The lowest BCUT2D eigenvalue weighted by Crippen LogP contribution is -2.35.